The van der Waals surface area contributed by atoms with Gasteiger partial charge in [0.15, 0.2) is 0 Å². The third-order valence-corrected chi connectivity index (χ3v) is 3.29. The van der Waals surface area contributed by atoms with Crippen molar-refractivity contribution in [3.63, 3.8) is 0 Å². The Bertz CT molecular complexity index is 675. The van der Waals surface area contributed by atoms with Crippen LogP contribution in [0.1, 0.15) is 12.5 Å². The first-order chi connectivity index (χ1) is 11.9. The fourth-order valence-corrected chi connectivity index (χ4v) is 2.03. The smallest absolute Gasteiger partial charge is 0.414 e. The topological polar surface area (TPSA) is 127 Å². The largest absolute Gasteiger partial charge is 0.473 e. The first-order valence-electron chi connectivity index (χ1n) is 7.46. The minimum atomic E-state index is -1.82. The Kier molecular flexibility index (Phi) is 8.24. The highest BCUT2D eigenvalue weighted by Crippen LogP contribution is 2.22. The molecular weight excluding hydrogens is 333 g/mol. The number of carboxylic acids is 2. The van der Waals surface area contributed by atoms with Crippen molar-refractivity contribution in [1.82, 2.24) is 15.1 Å². The van der Waals surface area contributed by atoms with Crippen molar-refractivity contribution in [1.29, 1.82) is 0 Å². The van der Waals surface area contributed by atoms with Gasteiger partial charge in [0, 0.05) is 24.2 Å². The maximum atomic E-state index is 12.9. The van der Waals surface area contributed by atoms with Crippen molar-refractivity contribution >= 4 is 11.9 Å². The lowest BCUT2D eigenvalue weighted by Gasteiger charge is -2.18. The molecule has 0 atom stereocenters. The molecule has 8 nitrogen and oxygen atoms in total. The summed E-state index contributed by atoms with van der Waals surface area (Å²) in [6, 6.07) is 6.33. The normalized spacial score (nSPS) is 10.2. The molecule has 0 bridgehead atoms. The van der Waals surface area contributed by atoms with E-state index in [-0.39, 0.29) is 12.4 Å². The van der Waals surface area contributed by atoms with Crippen LogP contribution in [0, 0.1) is 5.82 Å². The van der Waals surface area contributed by atoms with Crippen LogP contribution in [0.15, 0.2) is 30.5 Å². The number of aliphatic hydroxyl groups excluding tert-OH is 1. The number of nitrogens with one attached hydrogen (secondary N) is 1. The molecule has 4 N–H and O–H groups in total. The lowest BCUT2D eigenvalue weighted by atomic mass is 10.1. The maximum absolute atomic E-state index is 12.9. The van der Waals surface area contributed by atoms with Crippen LogP contribution in [-0.2, 0) is 16.1 Å². The standard InChI is InChI=1S/C14H18FN3O.C2H2O4/c1-2-18(7-8-19)10-12-9-16-17-14(12)11-3-5-13(15)6-4-11;3-1(4)2(5)6/h3-6,9,19H,2,7-8,10H2,1H3,(H,16,17);(H,3,4)(H,5,6). The summed E-state index contributed by atoms with van der Waals surface area (Å²) in [5, 5.41) is 30.8. The Morgan fingerprint density at radius 2 is 1.80 bits per heavy atom. The Morgan fingerprint density at radius 1 is 1.20 bits per heavy atom. The van der Waals surface area contributed by atoms with Crippen LogP contribution in [0.2, 0.25) is 0 Å². The molecule has 0 aliphatic heterocycles. The summed E-state index contributed by atoms with van der Waals surface area (Å²) in [6.07, 6.45) is 1.78. The van der Waals surface area contributed by atoms with Crippen LogP contribution in [0.4, 0.5) is 4.39 Å². The molecule has 1 aromatic carbocycles. The Balaban J connectivity index is 0.000000450. The van der Waals surface area contributed by atoms with Gasteiger partial charge in [-0.2, -0.15) is 5.10 Å². The summed E-state index contributed by atoms with van der Waals surface area (Å²) in [7, 11) is 0. The van der Waals surface area contributed by atoms with Crippen LogP contribution in [0.3, 0.4) is 0 Å². The van der Waals surface area contributed by atoms with Gasteiger partial charge in [-0.1, -0.05) is 6.92 Å². The van der Waals surface area contributed by atoms with Crippen molar-refractivity contribution in [2.75, 3.05) is 19.7 Å². The Morgan fingerprint density at radius 3 is 2.28 bits per heavy atom. The summed E-state index contributed by atoms with van der Waals surface area (Å²) in [6.45, 7) is 4.38. The molecule has 25 heavy (non-hydrogen) atoms. The molecule has 0 saturated heterocycles. The molecular formula is C16H20FN3O5. The first-order valence-corrected chi connectivity index (χ1v) is 7.46. The number of likely N-dealkylation sites (N-methyl/N-ethyl adjacent to an activating group) is 1. The predicted molar refractivity (Wildman–Crippen MR) is 87.3 cm³/mol. The molecule has 1 heterocycles. The number of aromatic nitrogens is 2. The number of aliphatic hydroxyl groups is 1. The van der Waals surface area contributed by atoms with E-state index < -0.39 is 11.9 Å². The van der Waals surface area contributed by atoms with E-state index in [1.165, 1.54) is 12.1 Å². The number of hydrogen-bond donors (Lipinski definition) is 4. The molecule has 0 spiro atoms. The zero-order valence-corrected chi connectivity index (χ0v) is 13.6. The number of aromatic amines is 1. The van der Waals surface area contributed by atoms with Gasteiger partial charge in [-0.3, -0.25) is 10.00 Å². The van der Waals surface area contributed by atoms with Gasteiger partial charge in [-0.15, -0.1) is 0 Å². The van der Waals surface area contributed by atoms with E-state index in [0.29, 0.717) is 13.1 Å². The SMILES string of the molecule is CCN(CCO)Cc1cn[nH]c1-c1ccc(F)cc1.O=C(O)C(=O)O. The molecule has 0 saturated carbocycles. The van der Waals surface area contributed by atoms with Crippen LogP contribution in [0.5, 0.6) is 0 Å². The zero-order valence-electron chi connectivity index (χ0n) is 13.6. The van der Waals surface area contributed by atoms with Gasteiger partial charge in [0.1, 0.15) is 5.82 Å². The van der Waals surface area contributed by atoms with Crippen LogP contribution in [0.25, 0.3) is 11.3 Å². The molecule has 2 aromatic rings. The monoisotopic (exact) mass is 353 g/mol. The van der Waals surface area contributed by atoms with E-state index in [0.717, 1.165) is 23.4 Å². The average Bonchev–Trinajstić information content (AvgIpc) is 3.03. The van der Waals surface area contributed by atoms with Gasteiger partial charge in [0.25, 0.3) is 0 Å². The third-order valence-electron chi connectivity index (χ3n) is 3.29. The minimum absolute atomic E-state index is 0.136. The molecule has 0 amide bonds. The number of nitrogens with zero attached hydrogens (tertiary/aromatic N) is 2. The average molecular weight is 353 g/mol. The van der Waals surface area contributed by atoms with E-state index in [1.807, 2.05) is 6.92 Å². The fourth-order valence-electron chi connectivity index (χ4n) is 2.03. The summed E-state index contributed by atoms with van der Waals surface area (Å²) in [4.78, 5) is 20.3. The summed E-state index contributed by atoms with van der Waals surface area (Å²) < 4.78 is 12.9. The Labute approximate surface area is 143 Å². The number of carbonyl (C=O) groups is 2. The van der Waals surface area contributed by atoms with E-state index in [4.69, 9.17) is 24.9 Å². The van der Waals surface area contributed by atoms with Crippen LogP contribution < -0.4 is 0 Å². The Hall–Kier alpha value is -2.78. The lowest BCUT2D eigenvalue weighted by molar-refractivity contribution is -0.159. The molecule has 136 valence electrons. The van der Waals surface area contributed by atoms with Crippen molar-refractivity contribution < 1.29 is 29.3 Å². The van der Waals surface area contributed by atoms with Crippen molar-refractivity contribution in [2.45, 2.75) is 13.5 Å². The second-order valence-corrected chi connectivity index (χ2v) is 4.98. The second-order valence-electron chi connectivity index (χ2n) is 4.98. The highest BCUT2D eigenvalue weighted by atomic mass is 19.1. The van der Waals surface area contributed by atoms with Crippen LogP contribution >= 0.6 is 0 Å². The van der Waals surface area contributed by atoms with Crippen molar-refractivity contribution in [2.24, 2.45) is 0 Å². The van der Waals surface area contributed by atoms with Crippen LogP contribution in [-0.4, -0.2) is 62.1 Å². The number of benzene rings is 1. The van der Waals surface area contributed by atoms with Gasteiger partial charge < -0.3 is 15.3 Å². The third kappa shape index (κ3) is 6.69. The second kappa shape index (κ2) is 10.2. The first kappa shape index (κ1) is 20.3. The van der Waals surface area contributed by atoms with E-state index in [9.17, 15) is 4.39 Å². The molecule has 0 unspecified atom stereocenters. The lowest BCUT2D eigenvalue weighted by Crippen LogP contribution is -2.26. The molecule has 0 aliphatic rings. The van der Waals surface area contributed by atoms with E-state index >= 15 is 0 Å². The van der Waals surface area contributed by atoms with Crippen molar-refractivity contribution in [3.05, 3.63) is 41.8 Å². The molecule has 1 aromatic heterocycles. The zero-order chi connectivity index (χ0) is 18.8. The summed E-state index contributed by atoms with van der Waals surface area (Å²) in [5.74, 6) is -3.90. The molecule has 0 aliphatic carbocycles. The predicted octanol–water partition coefficient (Wildman–Crippen LogP) is 1.19. The molecule has 9 heteroatoms. The van der Waals surface area contributed by atoms with E-state index in [2.05, 4.69) is 15.1 Å². The van der Waals surface area contributed by atoms with Crippen molar-refractivity contribution in [3.8, 4) is 11.3 Å². The highest BCUT2D eigenvalue weighted by Gasteiger charge is 2.11. The molecule has 0 fully saturated rings. The molecule has 2 rings (SSSR count). The summed E-state index contributed by atoms with van der Waals surface area (Å²) in [5.41, 5.74) is 2.85. The number of H-pyrrole nitrogens is 1. The quantitative estimate of drug-likeness (QED) is 0.574. The van der Waals surface area contributed by atoms with E-state index in [1.54, 1.807) is 18.3 Å². The van der Waals surface area contributed by atoms with Gasteiger partial charge >= 0.3 is 11.9 Å². The van der Waals surface area contributed by atoms with Gasteiger partial charge in [-0.25, -0.2) is 14.0 Å². The van der Waals surface area contributed by atoms with Gasteiger partial charge in [-0.05, 0) is 30.8 Å². The minimum Gasteiger partial charge on any atom is -0.473 e. The fraction of sp³-hybridized carbons (Fsp3) is 0.312. The number of rotatable bonds is 6. The van der Waals surface area contributed by atoms with Gasteiger partial charge in [0.05, 0.1) is 18.5 Å². The highest BCUT2D eigenvalue weighted by molar-refractivity contribution is 6.27. The summed E-state index contributed by atoms with van der Waals surface area (Å²) >= 11 is 0. The maximum Gasteiger partial charge on any atom is 0.414 e. The van der Waals surface area contributed by atoms with Gasteiger partial charge in [0.2, 0.25) is 0 Å². The molecule has 0 radical (unpaired) electrons. The number of hydrogen-bond acceptors (Lipinski definition) is 5. The number of carboxylic acid groups (broad SMARTS) is 2. The number of halogens is 1. The number of aliphatic carboxylic acids is 2.